The summed E-state index contributed by atoms with van der Waals surface area (Å²) < 4.78 is 5.20. The Morgan fingerprint density at radius 3 is 2.33 bits per heavy atom. The third-order valence-electron chi connectivity index (χ3n) is 13.5. The highest BCUT2D eigenvalue weighted by atomic mass is 79.9. The maximum atomic E-state index is 13.1. The van der Waals surface area contributed by atoms with Gasteiger partial charge < -0.3 is 20.1 Å². The van der Waals surface area contributed by atoms with Crippen LogP contribution in [0.1, 0.15) is 106 Å². The van der Waals surface area contributed by atoms with Gasteiger partial charge in [-0.15, -0.1) is 0 Å². The minimum absolute atomic E-state index is 0.0350. The van der Waals surface area contributed by atoms with Gasteiger partial charge in [-0.25, -0.2) is 0 Å². The molecule has 0 aliphatic heterocycles. The molecular weight excluding hydrogens is 560 g/mol. The number of esters is 1. The number of rotatable bonds is 5. The number of halogens is 1. The average Bonchev–Trinajstić information content (AvgIpc) is 3.43. The van der Waals surface area contributed by atoms with Gasteiger partial charge in [0.2, 0.25) is 0 Å². The van der Waals surface area contributed by atoms with E-state index in [-0.39, 0.29) is 45.9 Å². The smallest absolute Gasteiger partial charge is 0.310 e. The van der Waals surface area contributed by atoms with E-state index in [1.807, 2.05) is 13.8 Å². The van der Waals surface area contributed by atoms with Gasteiger partial charge in [-0.3, -0.25) is 9.59 Å². The maximum absolute atomic E-state index is 13.1. The molecule has 0 radical (unpaired) electrons. The van der Waals surface area contributed by atoms with E-state index in [1.165, 1.54) is 12.5 Å². The van der Waals surface area contributed by atoms with E-state index in [4.69, 9.17) is 4.74 Å². The van der Waals surface area contributed by atoms with E-state index in [9.17, 15) is 24.9 Å². The molecule has 6 nitrogen and oxygen atoms in total. The third-order valence-corrected chi connectivity index (χ3v) is 14.6. The first-order valence-electron chi connectivity index (χ1n) is 15.1. The minimum atomic E-state index is -0.947. The fourth-order valence-electron chi connectivity index (χ4n) is 11.5. The number of fused-ring (bicyclic) bond motifs is 6. The quantitative estimate of drug-likeness (QED) is 0.188. The predicted octanol–water partition coefficient (Wildman–Crippen LogP) is 6.47. The highest BCUT2D eigenvalue weighted by Crippen LogP contribution is 2.85. The summed E-state index contributed by atoms with van der Waals surface area (Å²) in [6, 6.07) is 0. The number of aliphatic hydroxyl groups excluding tert-OH is 1. The lowest BCUT2D eigenvalue weighted by Crippen LogP contribution is -2.66. The molecule has 0 saturated heterocycles. The first kappa shape index (κ1) is 29.6. The Balaban J connectivity index is 1.58. The Bertz CT molecular complexity index is 1080. The molecule has 5 aliphatic rings. The fourth-order valence-corrected chi connectivity index (χ4v) is 12.0. The molecule has 39 heavy (non-hydrogen) atoms. The molecule has 0 aromatic heterocycles. The number of hydrogen-bond acceptors (Lipinski definition) is 5. The molecule has 5 saturated carbocycles. The standard InChI is InChI=1S/C32H49BrO6/c1-18(2)9-8-11-30(26(36)37)17-31(30)23-15-22(35)25-27(5)13-14-32(33,38)19(3)21(27)10-12-28(25,6)29(23,7)16-24(31)39-20(4)34/h9,19,21-25,35,38H,8,10-17H2,1-7H3,(H,36,37)/t19-,21-,22?,23+,24-,25?,27-,28-,29-,30+,31+,32+/m0/s1. The fraction of sp³-hybridized carbons (Fsp3) is 0.875. The van der Waals surface area contributed by atoms with E-state index in [1.54, 1.807) is 0 Å². The van der Waals surface area contributed by atoms with Gasteiger partial charge >= 0.3 is 11.9 Å². The number of hydrogen-bond donors (Lipinski definition) is 3. The van der Waals surface area contributed by atoms with Crippen LogP contribution in [0.5, 0.6) is 0 Å². The topological polar surface area (TPSA) is 104 Å². The highest BCUT2D eigenvalue weighted by molar-refractivity contribution is 9.10. The van der Waals surface area contributed by atoms with Crippen LogP contribution in [0, 0.1) is 50.7 Å². The van der Waals surface area contributed by atoms with Crippen LogP contribution in [0.15, 0.2) is 11.6 Å². The van der Waals surface area contributed by atoms with E-state index in [0.29, 0.717) is 38.5 Å². The number of carboxylic acid groups (broad SMARTS) is 1. The molecule has 2 unspecified atom stereocenters. The van der Waals surface area contributed by atoms with Crippen LogP contribution in [0.2, 0.25) is 0 Å². The monoisotopic (exact) mass is 608 g/mol. The number of aliphatic hydroxyl groups is 2. The first-order valence-corrected chi connectivity index (χ1v) is 15.9. The molecule has 0 bridgehead atoms. The zero-order valence-electron chi connectivity index (χ0n) is 24.8. The van der Waals surface area contributed by atoms with Gasteiger partial charge in [0.05, 0.1) is 11.5 Å². The number of allylic oxidation sites excluding steroid dienone is 2. The normalized spacial score (nSPS) is 53.8. The Morgan fingerprint density at radius 2 is 1.74 bits per heavy atom. The molecule has 5 rings (SSSR count). The van der Waals surface area contributed by atoms with Crippen molar-refractivity contribution in [2.24, 2.45) is 50.7 Å². The first-order chi connectivity index (χ1) is 17.9. The minimum Gasteiger partial charge on any atom is -0.481 e. The van der Waals surface area contributed by atoms with E-state index in [0.717, 1.165) is 19.3 Å². The Labute approximate surface area is 242 Å². The van der Waals surface area contributed by atoms with Gasteiger partial charge in [-0.2, -0.15) is 0 Å². The van der Waals surface area contributed by atoms with Crippen molar-refractivity contribution in [3.63, 3.8) is 0 Å². The largest absolute Gasteiger partial charge is 0.481 e. The summed E-state index contributed by atoms with van der Waals surface area (Å²) in [5.41, 5.74) is -1.08. The van der Waals surface area contributed by atoms with E-state index >= 15 is 0 Å². The number of carbonyl (C=O) groups excluding carboxylic acids is 1. The zero-order valence-corrected chi connectivity index (χ0v) is 26.4. The number of aliphatic carboxylic acids is 1. The van der Waals surface area contributed by atoms with Gasteiger partial charge in [-0.1, -0.05) is 55.3 Å². The second kappa shape index (κ2) is 9.04. The summed E-state index contributed by atoms with van der Waals surface area (Å²) in [6.45, 7) is 14.6. The zero-order chi connectivity index (χ0) is 29.0. The number of alkyl halides is 1. The molecule has 0 amide bonds. The lowest BCUT2D eigenvalue weighted by molar-refractivity contribution is -0.243. The van der Waals surface area contributed by atoms with Crippen molar-refractivity contribution >= 4 is 27.9 Å². The second-order valence-electron chi connectivity index (χ2n) is 15.2. The molecule has 0 heterocycles. The lowest BCUT2D eigenvalue weighted by atomic mass is 9.36. The van der Waals surface area contributed by atoms with Crippen LogP contribution in [0.3, 0.4) is 0 Å². The molecule has 1 spiro atoms. The van der Waals surface area contributed by atoms with Crippen molar-refractivity contribution in [3.8, 4) is 0 Å². The summed E-state index contributed by atoms with van der Waals surface area (Å²) in [5.74, 6) is -0.795. The lowest BCUT2D eigenvalue weighted by Gasteiger charge is -2.69. The van der Waals surface area contributed by atoms with Crippen LogP contribution in [0.25, 0.3) is 0 Å². The van der Waals surface area contributed by atoms with Crippen molar-refractivity contribution in [3.05, 3.63) is 11.6 Å². The number of carboxylic acids is 1. The van der Waals surface area contributed by atoms with Gasteiger partial charge in [0.25, 0.3) is 0 Å². The molecule has 5 aliphatic carbocycles. The average molecular weight is 610 g/mol. The van der Waals surface area contributed by atoms with Crippen molar-refractivity contribution in [1.29, 1.82) is 0 Å². The third kappa shape index (κ3) is 3.77. The highest BCUT2D eigenvalue weighted by Gasteiger charge is 2.86. The Morgan fingerprint density at radius 1 is 1.08 bits per heavy atom. The molecule has 0 aromatic rings. The molecule has 220 valence electrons. The molecular formula is C32H49BrO6. The van der Waals surface area contributed by atoms with Gasteiger partial charge in [0, 0.05) is 12.3 Å². The summed E-state index contributed by atoms with van der Waals surface area (Å²) in [5, 5.41) is 33.9. The van der Waals surface area contributed by atoms with Crippen LogP contribution in [-0.4, -0.2) is 44.0 Å². The van der Waals surface area contributed by atoms with Crippen LogP contribution in [-0.2, 0) is 14.3 Å². The van der Waals surface area contributed by atoms with E-state index in [2.05, 4.69) is 49.7 Å². The molecule has 0 aromatic carbocycles. The molecule has 5 fully saturated rings. The van der Waals surface area contributed by atoms with Crippen LogP contribution in [0.4, 0.5) is 0 Å². The van der Waals surface area contributed by atoms with E-state index < -0.39 is 33.5 Å². The molecule has 3 N–H and O–H groups in total. The van der Waals surface area contributed by atoms with Crippen molar-refractivity contribution < 1.29 is 29.6 Å². The maximum Gasteiger partial charge on any atom is 0.310 e. The number of ether oxygens (including phenoxy) is 1. The van der Waals surface area contributed by atoms with Crippen molar-refractivity contribution in [2.45, 2.75) is 123 Å². The summed E-state index contributed by atoms with van der Waals surface area (Å²) >= 11 is 3.61. The molecule has 7 heteroatoms. The van der Waals surface area contributed by atoms with Crippen molar-refractivity contribution in [1.82, 2.24) is 0 Å². The second-order valence-corrected chi connectivity index (χ2v) is 16.5. The predicted molar refractivity (Wildman–Crippen MR) is 153 cm³/mol. The van der Waals surface area contributed by atoms with Crippen LogP contribution < -0.4 is 0 Å². The van der Waals surface area contributed by atoms with Crippen LogP contribution >= 0.6 is 15.9 Å². The van der Waals surface area contributed by atoms with Gasteiger partial charge in [0.15, 0.2) is 0 Å². The summed E-state index contributed by atoms with van der Waals surface area (Å²) in [7, 11) is 0. The summed E-state index contributed by atoms with van der Waals surface area (Å²) in [4.78, 5) is 25.5. The van der Waals surface area contributed by atoms with Gasteiger partial charge in [0.1, 0.15) is 10.6 Å². The number of carbonyl (C=O) groups is 2. The SMILES string of the molecule is CC(=O)O[C@H]1C[C@@]2(C)[C@@H](CC(O)C3[C@]2(C)CC[C@H]2[C@H](C)[C@@](O)(Br)CC[C@]32C)[C@]12C[C@]2(CCC=C(C)C)C(=O)O. The summed E-state index contributed by atoms with van der Waals surface area (Å²) in [6.07, 6.45) is 7.34. The van der Waals surface area contributed by atoms with Gasteiger partial charge in [-0.05, 0) is 112 Å². The molecule has 12 atom stereocenters. The Kier molecular flexibility index (Phi) is 6.85. The van der Waals surface area contributed by atoms with Crippen molar-refractivity contribution in [2.75, 3.05) is 0 Å². The Hall–Kier alpha value is -0.920.